The van der Waals surface area contributed by atoms with E-state index in [4.69, 9.17) is 0 Å². The van der Waals surface area contributed by atoms with Crippen LogP contribution in [0.5, 0.6) is 0 Å². The molecular weight excluding hydrogens is 254 g/mol. The van der Waals surface area contributed by atoms with Crippen LogP contribution in [-0.2, 0) is 0 Å². The minimum atomic E-state index is -0.284. The lowest BCUT2D eigenvalue weighted by molar-refractivity contribution is -0.386. The fourth-order valence-electron chi connectivity index (χ4n) is 2.96. The summed E-state index contributed by atoms with van der Waals surface area (Å²) in [6, 6.07) is 7.63. The zero-order chi connectivity index (χ0) is 14.5. The maximum absolute atomic E-state index is 11.2. The summed E-state index contributed by atoms with van der Waals surface area (Å²) in [6.07, 6.45) is 2.42. The third-order valence-corrected chi connectivity index (χ3v) is 4.15. The number of nitrogens with zero attached hydrogens (tertiary/aromatic N) is 2. The second-order valence-corrected chi connectivity index (χ2v) is 5.37. The SMILES string of the molecule is CCN(CC1CCCN1)C(C)c1ccccc1[N+](=O)[O-]. The molecule has 1 saturated heterocycles. The van der Waals surface area contributed by atoms with Crippen molar-refractivity contribution in [3.63, 3.8) is 0 Å². The number of benzene rings is 1. The normalized spacial score (nSPS) is 20.2. The lowest BCUT2D eigenvalue weighted by Crippen LogP contribution is -2.39. The van der Waals surface area contributed by atoms with Crippen LogP contribution < -0.4 is 5.32 Å². The largest absolute Gasteiger partial charge is 0.313 e. The van der Waals surface area contributed by atoms with Crippen molar-refractivity contribution in [3.8, 4) is 0 Å². The number of hydrogen-bond acceptors (Lipinski definition) is 4. The summed E-state index contributed by atoms with van der Waals surface area (Å²) in [5.74, 6) is 0. The molecule has 1 aliphatic heterocycles. The van der Waals surface area contributed by atoms with Crippen LogP contribution in [0.2, 0.25) is 0 Å². The first-order chi connectivity index (χ1) is 9.63. The van der Waals surface area contributed by atoms with Gasteiger partial charge < -0.3 is 5.32 Å². The van der Waals surface area contributed by atoms with Gasteiger partial charge in [0.25, 0.3) is 5.69 Å². The van der Waals surface area contributed by atoms with Crippen LogP contribution in [0, 0.1) is 10.1 Å². The Morgan fingerprint density at radius 1 is 1.50 bits per heavy atom. The zero-order valence-electron chi connectivity index (χ0n) is 12.2. The molecule has 110 valence electrons. The molecule has 0 aromatic heterocycles. The maximum atomic E-state index is 11.2. The van der Waals surface area contributed by atoms with E-state index in [2.05, 4.69) is 24.1 Å². The summed E-state index contributed by atoms with van der Waals surface area (Å²) in [6.45, 7) is 7.10. The third kappa shape index (κ3) is 3.35. The van der Waals surface area contributed by atoms with E-state index in [1.54, 1.807) is 12.1 Å². The van der Waals surface area contributed by atoms with Gasteiger partial charge in [0, 0.05) is 30.3 Å². The van der Waals surface area contributed by atoms with E-state index in [1.807, 2.05) is 12.1 Å². The van der Waals surface area contributed by atoms with Crippen molar-refractivity contribution in [2.75, 3.05) is 19.6 Å². The van der Waals surface area contributed by atoms with E-state index >= 15 is 0 Å². The van der Waals surface area contributed by atoms with Crippen LogP contribution in [-0.4, -0.2) is 35.5 Å². The second kappa shape index (κ2) is 6.81. The Hall–Kier alpha value is -1.46. The summed E-state index contributed by atoms with van der Waals surface area (Å²) in [5.41, 5.74) is 1.02. The summed E-state index contributed by atoms with van der Waals surface area (Å²) in [7, 11) is 0. The smallest absolute Gasteiger partial charge is 0.274 e. The van der Waals surface area contributed by atoms with Crippen molar-refractivity contribution in [3.05, 3.63) is 39.9 Å². The predicted octanol–water partition coefficient (Wildman–Crippen LogP) is 2.73. The molecule has 1 aromatic rings. The molecule has 2 unspecified atom stereocenters. The van der Waals surface area contributed by atoms with E-state index in [-0.39, 0.29) is 16.7 Å². The fraction of sp³-hybridized carbons (Fsp3) is 0.600. The number of rotatable bonds is 6. The molecule has 5 nitrogen and oxygen atoms in total. The van der Waals surface area contributed by atoms with Crippen molar-refractivity contribution in [1.29, 1.82) is 0 Å². The first-order valence-electron chi connectivity index (χ1n) is 7.34. The molecule has 0 aliphatic carbocycles. The third-order valence-electron chi connectivity index (χ3n) is 4.15. The number of para-hydroxylation sites is 1. The van der Waals surface area contributed by atoms with Crippen LogP contribution in [0.25, 0.3) is 0 Å². The Morgan fingerprint density at radius 2 is 2.25 bits per heavy atom. The molecule has 5 heteroatoms. The Morgan fingerprint density at radius 3 is 2.85 bits per heavy atom. The molecule has 1 aliphatic rings. The number of hydrogen-bond donors (Lipinski definition) is 1. The standard InChI is InChI=1S/C15H23N3O2/c1-3-17(11-13-7-6-10-16-13)12(2)14-8-4-5-9-15(14)18(19)20/h4-5,8-9,12-13,16H,3,6-7,10-11H2,1-2H3. The van der Waals surface area contributed by atoms with Gasteiger partial charge in [-0.3, -0.25) is 15.0 Å². The molecule has 1 N–H and O–H groups in total. The number of likely N-dealkylation sites (N-methyl/N-ethyl adjacent to an activating group) is 1. The van der Waals surface area contributed by atoms with Crippen LogP contribution in [0.3, 0.4) is 0 Å². The van der Waals surface area contributed by atoms with Gasteiger partial charge in [-0.05, 0) is 32.9 Å². The quantitative estimate of drug-likeness (QED) is 0.641. The van der Waals surface area contributed by atoms with Crippen molar-refractivity contribution in [1.82, 2.24) is 10.2 Å². The lowest BCUT2D eigenvalue weighted by Gasteiger charge is -2.30. The average Bonchev–Trinajstić information content (AvgIpc) is 2.97. The van der Waals surface area contributed by atoms with Crippen molar-refractivity contribution in [2.45, 2.75) is 38.8 Å². The van der Waals surface area contributed by atoms with Gasteiger partial charge in [-0.15, -0.1) is 0 Å². The highest BCUT2D eigenvalue weighted by molar-refractivity contribution is 5.41. The predicted molar refractivity (Wildman–Crippen MR) is 79.8 cm³/mol. The second-order valence-electron chi connectivity index (χ2n) is 5.37. The lowest BCUT2D eigenvalue weighted by atomic mass is 10.0. The van der Waals surface area contributed by atoms with E-state index in [0.29, 0.717) is 6.04 Å². The van der Waals surface area contributed by atoms with Gasteiger partial charge in [-0.25, -0.2) is 0 Å². The average molecular weight is 277 g/mol. The number of nitro groups is 1. The fourth-order valence-corrected chi connectivity index (χ4v) is 2.96. The molecule has 1 fully saturated rings. The molecular formula is C15H23N3O2. The number of nitrogens with one attached hydrogen (secondary N) is 1. The Labute approximate surface area is 120 Å². The molecule has 0 saturated carbocycles. The molecule has 1 aromatic carbocycles. The molecule has 0 radical (unpaired) electrons. The molecule has 0 amide bonds. The Balaban J connectivity index is 2.15. The zero-order valence-corrected chi connectivity index (χ0v) is 12.2. The molecule has 20 heavy (non-hydrogen) atoms. The highest BCUT2D eigenvalue weighted by Gasteiger charge is 2.25. The van der Waals surface area contributed by atoms with Gasteiger partial charge in [0.1, 0.15) is 0 Å². The van der Waals surface area contributed by atoms with E-state index < -0.39 is 0 Å². The Kier molecular flexibility index (Phi) is 5.09. The summed E-state index contributed by atoms with van der Waals surface area (Å²) < 4.78 is 0. The molecule has 1 heterocycles. The number of nitro benzene ring substituents is 1. The minimum Gasteiger partial charge on any atom is -0.313 e. The van der Waals surface area contributed by atoms with Crippen LogP contribution >= 0.6 is 0 Å². The summed E-state index contributed by atoms with van der Waals surface area (Å²) >= 11 is 0. The van der Waals surface area contributed by atoms with Crippen LogP contribution in [0.1, 0.15) is 38.3 Å². The molecule has 0 spiro atoms. The molecule has 2 rings (SSSR count). The monoisotopic (exact) mass is 277 g/mol. The van der Waals surface area contributed by atoms with Crippen molar-refractivity contribution in [2.24, 2.45) is 0 Å². The molecule has 2 atom stereocenters. The first-order valence-corrected chi connectivity index (χ1v) is 7.34. The van der Waals surface area contributed by atoms with Gasteiger partial charge in [-0.1, -0.05) is 25.1 Å². The van der Waals surface area contributed by atoms with E-state index in [1.165, 1.54) is 12.8 Å². The van der Waals surface area contributed by atoms with Gasteiger partial charge >= 0.3 is 0 Å². The Bertz CT molecular complexity index is 458. The minimum absolute atomic E-state index is 0.0593. The van der Waals surface area contributed by atoms with Gasteiger partial charge in [-0.2, -0.15) is 0 Å². The van der Waals surface area contributed by atoms with Crippen molar-refractivity contribution >= 4 is 5.69 Å². The van der Waals surface area contributed by atoms with Crippen molar-refractivity contribution < 1.29 is 4.92 Å². The van der Waals surface area contributed by atoms with Crippen LogP contribution in [0.15, 0.2) is 24.3 Å². The van der Waals surface area contributed by atoms with Gasteiger partial charge in [0.05, 0.1) is 4.92 Å². The highest BCUT2D eigenvalue weighted by atomic mass is 16.6. The highest BCUT2D eigenvalue weighted by Crippen LogP contribution is 2.29. The van der Waals surface area contributed by atoms with E-state index in [9.17, 15) is 10.1 Å². The maximum Gasteiger partial charge on any atom is 0.274 e. The summed E-state index contributed by atoms with van der Waals surface area (Å²) in [5, 5.41) is 14.6. The first kappa shape index (κ1) is 14.9. The topological polar surface area (TPSA) is 58.4 Å². The van der Waals surface area contributed by atoms with Crippen LogP contribution in [0.4, 0.5) is 5.69 Å². The molecule has 0 bridgehead atoms. The van der Waals surface area contributed by atoms with Gasteiger partial charge in [0.15, 0.2) is 0 Å². The van der Waals surface area contributed by atoms with E-state index in [0.717, 1.165) is 25.2 Å². The summed E-state index contributed by atoms with van der Waals surface area (Å²) in [4.78, 5) is 13.2. The van der Waals surface area contributed by atoms with Gasteiger partial charge in [0.2, 0.25) is 0 Å².